The molecule has 0 aliphatic heterocycles. The minimum absolute atomic E-state index is 0.415. The number of rotatable bonds is 6. The van der Waals surface area contributed by atoms with E-state index in [-0.39, 0.29) is 0 Å². The normalized spacial score (nSPS) is 13.3. The Morgan fingerprint density at radius 1 is 1.24 bits per heavy atom. The molecule has 0 aromatic carbocycles. The van der Waals surface area contributed by atoms with Crippen molar-refractivity contribution in [1.29, 1.82) is 0 Å². The molecule has 8 heteroatoms. The van der Waals surface area contributed by atoms with Crippen LogP contribution in [0.3, 0.4) is 0 Å². The maximum absolute atomic E-state index is 11.4. The summed E-state index contributed by atoms with van der Waals surface area (Å²) in [6.07, 6.45) is -0.603. The topological polar surface area (TPSA) is 139 Å². The summed E-state index contributed by atoms with van der Waals surface area (Å²) in [4.78, 5) is 43.4. The number of nitrogens with one attached hydrogen (secondary N) is 2. The van der Waals surface area contributed by atoms with Crippen LogP contribution in [-0.4, -0.2) is 40.9 Å². The van der Waals surface area contributed by atoms with E-state index in [0.29, 0.717) is 0 Å². The predicted molar refractivity (Wildman–Crippen MR) is 56.7 cm³/mol. The molecule has 0 aliphatic rings. The minimum Gasteiger partial charge on any atom is -0.481 e. The Bertz CT molecular complexity index is 342. The number of hydrogen-bond donors (Lipinski definition) is 4. The number of nitrogens with two attached hydrogens (primary N) is 1. The van der Waals surface area contributed by atoms with E-state index >= 15 is 0 Å². The van der Waals surface area contributed by atoms with E-state index in [1.807, 2.05) is 0 Å². The van der Waals surface area contributed by atoms with Crippen molar-refractivity contribution >= 4 is 23.7 Å². The third kappa shape index (κ3) is 6.13. The Hall–Kier alpha value is -2.12. The molecular formula is C9H15N3O5. The van der Waals surface area contributed by atoms with Crippen LogP contribution < -0.4 is 16.4 Å². The summed E-state index contributed by atoms with van der Waals surface area (Å²) in [6, 6.07) is -2.17. The molecule has 0 bridgehead atoms. The number of amides is 3. The minimum atomic E-state index is -1.30. The molecule has 5 N–H and O–H groups in total. The summed E-state index contributed by atoms with van der Waals surface area (Å²) < 4.78 is 0. The van der Waals surface area contributed by atoms with E-state index in [1.54, 1.807) is 0 Å². The lowest BCUT2D eigenvalue weighted by Gasteiger charge is -2.17. The van der Waals surface area contributed by atoms with Crippen LogP contribution >= 0.6 is 0 Å². The van der Waals surface area contributed by atoms with Gasteiger partial charge in [0, 0.05) is 6.92 Å². The lowest BCUT2D eigenvalue weighted by Crippen LogP contribution is -2.52. The van der Waals surface area contributed by atoms with E-state index in [1.165, 1.54) is 13.8 Å². The second kappa shape index (κ2) is 6.46. The van der Waals surface area contributed by atoms with Crippen molar-refractivity contribution in [1.82, 2.24) is 10.6 Å². The molecule has 3 amide bonds. The number of carbonyl (C=O) groups is 4. The molecule has 2 unspecified atom stereocenters. The fourth-order valence-electron chi connectivity index (χ4n) is 1.06. The van der Waals surface area contributed by atoms with E-state index in [2.05, 4.69) is 10.6 Å². The highest BCUT2D eigenvalue weighted by Crippen LogP contribution is 1.93. The van der Waals surface area contributed by atoms with Crippen molar-refractivity contribution in [3.05, 3.63) is 0 Å². The van der Waals surface area contributed by atoms with Crippen molar-refractivity contribution in [2.45, 2.75) is 32.4 Å². The maximum Gasteiger partial charge on any atom is 0.305 e. The van der Waals surface area contributed by atoms with Gasteiger partial charge in [0.1, 0.15) is 12.1 Å². The third-order valence-corrected chi connectivity index (χ3v) is 1.85. The molecule has 0 aliphatic carbocycles. The van der Waals surface area contributed by atoms with Gasteiger partial charge in [-0.25, -0.2) is 0 Å². The summed E-state index contributed by atoms with van der Waals surface area (Å²) in [5.74, 6) is -3.30. The Morgan fingerprint density at radius 2 is 1.76 bits per heavy atom. The Labute approximate surface area is 97.5 Å². The van der Waals surface area contributed by atoms with Gasteiger partial charge in [-0.3, -0.25) is 19.2 Å². The molecular weight excluding hydrogens is 230 g/mol. The summed E-state index contributed by atoms with van der Waals surface area (Å²) >= 11 is 0. The zero-order valence-corrected chi connectivity index (χ0v) is 9.52. The van der Waals surface area contributed by atoms with Crippen molar-refractivity contribution in [2.24, 2.45) is 5.73 Å². The Kier molecular flexibility index (Phi) is 5.65. The highest BCUT2D eigenvalue weighted by atomic mass is 16.4. The van der Waals surface area contributed by atoms with Crippen LogP contribution in [0.5, 0.6) is 0 Å². The van der Waals surface area contributed by atoms with E-state index in [0.717, 1.165) is 0 Å². The second-order valence-corrected chi connectivity index (χ2v) is 3.48. The van der Waals surface area contributed by atoms with Crippen molar-refractivity contribution in [3.8, 4) is 0 Å². The number of carboxylic acids is 1. The van der Waals surface area contributed by atoms with Gasteiger partial charge in [-0.05, 0) is 6.92 Å². The first-order valence-corrected chi connectivity index (χ1v) is 4.82. The van der Waals surface area contributed by atoms with E-state index < -0.39 is 42.2 Å². The average molecular weight is 245 g/mol. The van der Waals surface area contributed by atoms with Gasteiger partial charge in [-0.15, -0.1) is 0 Å². The fraction of sp³-hybridized carbons (Fsp3) is 0.556. The van der Waals surface area contributed by atoms with Gasteiger partial charge in [0.2, 0.25) is 17.7 Å². The zero-order valence-electron chi connectivity index (χ0n) is 9.52. The first-order chi connectivity index (χ1) is 7.73. The van der Waals surface area contributed by atoms with Crippen LogP contribution in [0.15, 0.2) is 0 Å². The lowest BCUT2D eigenvalue weighted by molar-refractivity contribution is -0.140. The molecule has 0 rings (SSSR count). The van der Waals surface area contributed by atoms with Gasteiger partial charge in [-0.1, -0.05) is 0 Å². The van der Waals surface area contributed by atoms with Gasteiger partial charge in [0.15, 0.2) is 0 Å². The van der Waals surface area contributed by atoms with E-state index in [9.17, 15) is 19.2 Å². The Morgan fingerprint density at radius 3 is 2.12 bits per heavy atom. The molecule has 0 saturated heterocycles. The molecule has 0 spiro atoms. The van der Waals surface area contributed by atoms with Crippen LogP contribution in [-0.2, 0) is 19.2 Å². The third-order valence-electron chi connectivity index (χ3n) is 1.85. The lowest BCUT2D eigenvalue weighted by atomic mass is 10.2. The van der Waals surface area contributed by atoms with Crippen LogP contribution in [0.1, 0.15) is 20.3 Å². The van der Waals surface area contributed by atoms with Gasteiger partial charge in [-0.2, -0.15) is 0 Å². The number of carboxylic acid groups (broad SMARTS) is 1. The molecule has 0 aromatic rings. The highest BCUT2D eigenvalue weighted by Gasteiger charge is 2.24. The number of hydrogen-bond acceptors (Lipinski definition) is 4. The maximum atomic E-state index is 11.4. The molecule has 2 atom stereocenters. The van der Waals surface area contributed by atoms with Crippen molar-refractivity contribution in [3.63, 3.8) is 0 Å². The highest BCUT2D eigenvalue weighted by molar-refractivity contribution is 5.92. The van der Waals surface area contributed by atoms with Crippen LogP contribution in [0.2, 0.25) is 0 Å². The van der Waals surface area contributed by atoms with Crippen molar-refractivity contribution < 1.29 is 24.3 Å². The SMILES string of the molecule is CC(=O)NC(C)C(=O)NC(CC(=O)O)C(N)=O. The largest absolute Gasteiger partial charge is 0.481 e. The molecule has 8 nitrogen and oxygen atoms in total. The standard InChI is InChI=1S/C9H15N3O5/c1-4(11-5(2)13)9(17)12-6(8(10)16)3-7(14)15/h4,6H,3H2,1-2H3,(H2,10,16)(H,11,13)(H,12,17)(H,14,15). The number of aliphatic carboxylic acids is 1. The van der Waals surface area contributed by atoms with Gasteiger partial charge in [0.25, 0.3) is 0 Å². The molecule has 0 aromatic heterocycles. The Balaban J connectivity index is 4.44. The van der Waals surface area contributed by atoms with Gasteiger partial charge in [0.05, 0.1) is 6.42 Å². The van der Waals surface area contributed by atoms with Crippen molar-refractivity contribution in [2.75, 3.05) is 0 Å². The smallest absolute Gasteiger partial charge is 0.305 e. The van der Waals surface area contributed by atoms with Gasteiger partial charge < -0.3 is 21.5 Å². The fourth-order valence-corrected chi connectivity index (χ4v) is 1.06. The average Bonchev–Trinajstić information content (AvgIpc) is 2.14. The first kappa shape index (κ1) is 14.9. The summed E-state index contributed by atoms with van der Waals surface area (Å²) in [5, 5.41) is 12.9. The molecule has 17 heavy (non-hydrogen) atoms. The molecule has 96 valence electrons. The number of primary amides is 1. The summed E-state index contributed by atoms with van der Waals surface area (Å²) in [7, 11) is 0. The quantitative estimate of drug-likeness (QED) is 0.427. The predicted octanol–water partition coefficient (Wildman–Crippen LogP) is -2.04. The first-order valence-electron chi connectivity index (χ1n) is 4.82. The second-order valence-electron chi connectivity index (χ2n) is 3.48. The molecule has 0 saturated carbocycles. The summed E-state index contributed by atoms with van der Waals surface area (Å²) in [5.41, 5.74) is 4.93. The number of carbonyl (C=O) groups excluding carboxylic acids is 3. The molecule has 0 heterocycles. The monoisotopic (exact) mass is 245 g/mol. The van der Waals surface area contributed by atoms with Crippen LogP contribution in [0, 0.1) is 0 Å². The molecule has 0 radical (unpaired) electrons. The van der Waals surface area contributed by atoms with E-state index in [4.69, 9.17) is 10.8 Å². The van der Waals surface area contributed by atoms with Gasteiger partial charge >= 0.3 is 5.97 Å². The zero-order chi connectivity index (χ0) is 13.6. The van der Waals surface area contributed by atoms with Crippen LogP contribution in [0.25, 0.3) is 0 Å². The molecule has 0 fully saturated rings. The summed E-state index contributed by atoms with van der Waals surface area (Å²) in [6.45, 7) is 2.63. The van der Waals surface area contributed by atoms with Crippen LogP contribution in [0.4, 0.5) is 0 Å².